The third-order valence-electron chi connectivity index (χ3n) is 2.02. The molecule has 0 atom stereocenters. The SMILES string of the molecule is Cc1nc(N(C)CC(=O)O)c2scnc2n1. The summed E-state index contributed by atoms with van der Waals surface area (Å²) in [6.07, 6.45) is 0. The average Bonchev–Trinajstić information content (AvgIpc) is 2.62. The van der Waals surface area contributed by atoms with Gasteiger partial charge in [-0.1, -0.05) is 0 Å². The molecule has 2 heterocycles. The van der Waals surface area contributed by atoms with Crippen molar-refractivity contribution in [2.24, 2.45) is 0 Å². The van der Waals surface area contributed by atoms with Crippen molar-refractivity contribution >= 4 is 33.5 Å². The van der Waals surface area contributed by atoms with Gasteiger partial charge in [0.25, 0.3) is 0 Å². The number of nitrogens with zero attached hydrogens (tertiary/aromatic N) is 4. The first-order valence-corrected chi connectivity index (χ1v) is 5.46. The summed E-state index contributed by atoms with van der Waals surface area (Å²) in [7, 11) is 1.69. The molecule has 0 fully saturated rings. The lowest BCUT2D eigenvalue weighted by molar-refractivity contribution is -0.135. The molecule has 1 N–H and O–H groups in total. The minimum Gasteiger partial charge on any atom is -0.480 e. The lowest BCUT2D eigenvalue weighted by Gasteiger charge is -2.15. The molecule has 2 rings (SSSR count). The summed E-state index contributed by atoms with van der Waals surface area (Å²) in [5.41, 5.74) is 2.29. The molecule has 0 saturated carbocycles. The van der Waals surface area contributed by atoms with E-state index in [-0.39, 0.29) is 6.54 Å². The number of aryl methyl sites for hydroxylation is 1. The molecule has 2 aromatic heterocycles. The summed E-state index contributed by atoms with van der Waals surface area (Å²) in [6, 6.07) is 0. The van der Waals surface area contributed by atoms with Gasteiger partial charge in [0.05, 0.1) is 5.51 Å². The molecule has 0 spiro atoms. The Balaban J connectivity index is 2.49. The van der Waals surface area contributed by atoms with Crippen LogP contribution in [0.1, 0.15) is 5.82 Å². The molecule has 0 saturated heterocycles. The van der Waals surface area contributed by atoms with Gasteiger partial charge in [0.1, 0.15) is 17.1 Å². The molecule has 0 aliphatic carbocycles. The highest BCUT2D eigenvalue weighted by molar-refractivity contribution is 7.17. The number of rotatable bonds is 3. The molecule has 6 nitrogen and oxygen atoms in total. The number of carboxylic acid groups (broad SMARTS) is 1. The van der Waals surface area contributed by atoms with E-state index in [1.807, 2.05) is 0 Å². The van der Waals surface area contributed by atoms with Crippen LogP contribution in [0, 0.1) is 6.92 Å². The average molecular weight is 238 g/mol. The summed E-state index contributed by atoms with van der Waals surface area (Å²) in [5, 5.41) is 8.74. The molecule has 0 radical (unpaired) electrons. The van der Waals surface area contributed by atoms with Crippen molar-refractivity contribution in [2.75, 3.05) is 18.5 Å². The van der Waals surface area contributed by atoms with Gasteiger partial charge in [0, 0.05) is 7.05 Å². The Hall–Kier alpha value is -1.76. The Labute approximate surface area is 95.6 Å². The van der Waals surface area contributed by atoms with E-state index < -0.39 is 5.97 Å². The van der Waals surface area contributed by atoms with Crippen LogP contribution < -0.4 is 4.90 Å². The molecule has 0 unspecified atom stereocenters. The number of likely N-dealkylation sites (N-methyl/N-ethyl adjacent to an activating group) is 1. The number of carbonyl (C=O) groups is 1. The number of anilines is 1. The van der Waals surface area contributed by atoms with E-state index in [9.17, 15) is 4.79 Å². The van der Waals surface area contributed by atoms with Gasteiger partial charge >= 0.3 is 5.97 Å². The van der Waals surface area contributed by atoms with Crippen molar-refractivity contribution in [3.63, 3.8) is 0 Å². The Bertz CT molecular complexity index is 539. The maximum Gasteiger partial charge on any atom is 0.323 e. The van der Waals surface area contributed by atoms with Gasteiger partial charge in [-0.15, -0.1) is 11.3 Å². The molecular formula is C9H10N4O2S. The van der Waals surface area contributed by atoms with Gasteiger partial charge in [0.2, 0.25) is 0 Å². The van der Waals surface area contributed by atoms with E-state index in [1.54, 1.807) is 24.4 Å². The van der Waals surface area contributed by atoms with Crippen LogP contribution >= 0.6 is 11.3 Å². The van der Waals surface area contributed by atoms with Gasteiger partial charge < -0.3 is 10.0 Å². The normalized spacial score (nSPS) is 10.6. The van der Waals surface area contributed by atoms with Crippen molar-refractivity contribution in [1.82, 2.24) is 15.0 Å². The lowest BCUT2D eigenvalue weighted by Crippen LogP contribution is -2.26. The second-order valence-electron chi connectivity index (χ2n) is 3.35. The van der Waals surface area contributed by atoms with E-state index in [0.717, 1.165) is 4.70 Å². The van der Waals surface area contributed by atoms with Crippen LogP contribution in [0.3, 0.4) is 0 Å². The van der Waals surface area contributed by atoms with Crippen LogP contribution in [0.4, 0.5) is 5.82 Å². The maximum atomic E-state index is 10.6. The molecule has 84 valence electrons. The molecule has 7 heteroatoms. The highest BCUT2D eigenvalue weighted by atomic mass is 32.1. The number of aliphatic carboxylic acids is 1. The van der Waals surface area contributed by atoms with Gasteiger partial charge in [-0.2, -0.15) is 0 Å². The van der Waals surface area contributed by atoms with Crippen LogP contribution in [-0.4, -0.2) is 39.6 Å². The Kier molecular flexibility index (Phi) is 2.69. The minimum absolute atomic E-state index is 0.0938. The fourth-order valence-corrected chi connectivity index (χ4v) is 2.16. The van der Waals surface area contributed by atoms with Crippen molar-refractivity contribution in [1.29, 1.82) is 0 Å². The molecule has 16 heavy (non-hydrogen) atoms. The largest absolute Gasteiger partial charge is 0.480 e. The first-order valence-electron chi connectivity index (χ1n) is 4.58. The van der Waals surface area contributed by atoms with Crippen LogP contribution in [0.2, 0.25) is 0 Å². The molecule has 0 amide bonds. The topological polar surface area (TPSA) is 79.2 Å². The fraction of sp³-hybridized carbons (Fsp3) is 0.333. The third kappa shape index (κ3) is 1.94. The van der Waals surface area contributed by atoms with E-state index in [1.165, 1.54) is 11.3 Å². The zero-order valence-electron chi connectivity index (χ0n) is 8.84. The van der Waals surface area contributed by atoms with Crippen molar-refractivity contribution in [3.05, 3.63) is 11.3 Å². The highest BCUT2D eigenvalue weighted by Gasteiger charge is 2.14. The Morgan fingerprint density at radius 1 is 1.56 bits per heavy atom. The van der Waals surface area contributed by atoms with Crippen molar-refractivity contribution in [3.8, 4) is 0 Å². The summed E-state index contributed by atoms with van der Waals surface area (Å²) in [5.74, 6) is 0.314. The van der Waals surface area contributed by atoms with Gasteiger partial charge in [0.15, 0.2) is 11.5 Å². The number of aromatic nitrogens is 3. The monoisotopic (exact) mass is 238 g/mol. The van der Waals surface area contributed by atoms with Crippen LogP contribution in [0.25, 0.3) is 10.3 Å². The zero-order valence-corrected chi connectivity index (χ0v) is 9.65. The first kappa shape index (κ1) is 10.7. The van der Waals surface area contributed by atoms with E-state index in [0.29, 0.717) is 17.3 Å². The molecule has 0 bridgehead atoms. The summed E-state index contributed by atoms with van der Waals surface area (Å²) in [6.45, 7) is 1.67. The fourth-order valence-electron chi connectivity index (χ4n) is 1.39. The second-order valence-corrected chi connectivity index (χ2v) is 4.20. The minimum atomic E-state index is -0.892. The Morgan fingerprint density at radius 2 is 2.31 bits per heavy atom. The predicted octanol–water partition coefficient (Wildman–Crippen LogP) is 0.916. The molecule has 0 aliphatic rings. The van der Waals surface area contributed by atoms with Gasteiger partial charge in [-0.25, -0.2) is 15.0 Å². The van der Waals surface area contributed by atoms with E-state index in [4.69, 9.17) is 5.11 Å². The van der Waals surface area contributed by atoms with Crippen LogP contribution in [0.5, 0.6) is 0 Å². The van der Waals surface area contributed by atoms with Gasteiger partial charge in [-0.05, 0) is 6.92 Å². The molecule has 0 aliphatic heterocycles. The quantitative estimate of drug-likeness (QED) is 0.856. The van der Waals surface area contributed by atoms with Crippen LogP contribution in [-0.2, 0) is 4.79 Å². The number of hydrogen-bond donors (Lipinski definition) is 1. The number of thiazole rings is 1. The van der Waals surface area contributed by atoms with E-state index in [2.05, 4.69) is 15.0 Å². The third-order valence-corrected chi connectivity index (χ3v) is 2.83. The summed E-state index contributed by atoms with van der Waals surface area (Å²) < 4.78 is 0.814. The predicted molar refractivity (Wildman–Crippen MR) is 60.9 cm³/mol. The van der Waals surface area contributed by atoms with E-state index >= 15 is 0 Å². The molecular weight excluding hydrogens is 228 g/mol. The van der Waals surface area contributed by atoms with Crippen LogP contribution in [0.15, 0.2) is 5.51 Å². The van der Waals surface area contributed by atoms with Crippen molar-refractivity contribution < 1.29 is 9.90 Å². The number of fused-ring (bicyclic) bond motifs is 1. The smallest absolute Gasteiger partial charge is 0.323 e. The van der Waals surface area contributed by atoms with Crippen molar-refractivity contribution in [2.45, 2.75) is 6.92 Å². The summed E-state index contributed by atoms with van der Waals surface area (Å²) >= 11 is 1.41. The number of carboxylic acids is 1. The maximum absolute atomic E-state index is 10.6. The number of hydrogen-bond acceptors (Lipinski definition) is 6. The standard InChI is InChI=1S/C9H10N4O2S/c1-5-11-8-7(16-4-10-8)9(12-5)13(2)3-6(14)15/h4H,3H2,1-2H3,(H,14,15). The highest BCUT2D eigenvalue weighted by Crippen LogP contribution is 2.25. The summed E-state index contributed by atoms with van der Waals surface area (Å²) in [4.78, 5) is 24.7. The zero-order chi connectivity index (χ0) is 11.7. The first-order chi connectivity index (χ1) is 7.58. The van der Waals surface area contributed by atoms with Gasteiger partial charge in [-0.3, -0.25) is 4.79 Å². The Morgan fingerprint density at radius 3 is 3.00 bits per heavy atom. The molecule has 0 aromatic carbocycles. The second kappa shape index (κ2) is 4.01. The lowest BCUT2D eigenvalue weighted by atomic mass is 10.4. The molecule has 2 aromatic rings.